The summed E-state index contributed by atoms with van der Waals surface area (Å²) in [7, 11) is 0. The Morgan fingerprint density at radius 2 is 2.11 bits per heavy atom. The molecule has 1 spiro atoms. The topological polar surface area (TPSA) is 94.3 Å². The Hall–Kier alpha value is -2.70. The van der Waals surface area contributed by atoms with Gasteiger partial charge in [0.1, 0.15) is 5.60 Å². The molecular formula is C20H23N3O4. The molecule has 27 heavy (non-hydrogen) atoms. The summed E-state index contributed by atoms with van der Waals surface area (Å²) in [5.74, 6) is -0.0760. The van der Waals surface area contributed by atoms with Gasteiger partial charge in [-0.05, 0) is 38.7 Å². The van der Waals surface area contributed by atoms with Crippen molar-refractivity contribution in [2.45, 2.75) is 57.6 Å². The Balaban J connectivity index is 1.41. The maximum Gasteiger partial charge on any atom is 0.307 e. The summed E-state index contributed by atoms with van der Waals surface area (Å²) in [5, 5.41) is 6.82. The third-order valence-corrected chi connectivity index (χ3v) is 5.50. The first-order chi connectivity index (χ1) is 13.1. The first kappa shape index (κ1) is 17.7. The molecule has 1 N–H and O–H groups in total. The summed E-state index contributed by atoms with van der Waals surface area (Å²) in [5.41, 5.74) is 1.35. The van der Waals surface area contributed by atoms with Gasteiger partial charge in [0, 0.05) is 5.56 Å². The van der Waals surface area contributed by atoms with Crippen LogP contribution in [0.1, 0.15) is 50.0 Å². The molecule has 1 aliphatic carbocycles. The molecule has 4 rings (SSSR count). The maximum atomic E-state index is 12.7. The Morgan fingerprint density at radius 3 is 2.89 bits per heavy atom. The van der Waals surface area contributed by atoms with Crippen molar-refractivity contribution in [1.29, 1.82) is 0 Å². The second-order valence-electron chi connectivity index (χ2n) is 7.46. The van der Waals surface area contributed by atoms with Crippen LogP contribution < -0.4 is 5.32 Å². The minimum atomic E-state index is -0.624. The van der Waals surface area contributed by atoms with E-state index in [4.69, 9.17) is 9.26 Å². The molecule has 7 nitrogen and oxygen atoms in total. The highest BCUT2D eigenvalue weighted by Crippen LogP contribution is 2.44. The Morgan fingerprint density at radius 1 is 1.30 bits per heavy atom. The van der Waals surface area contributed by atoms with E-state index in [-0.39, 0.29) is 24.8 Å². The van der Waals surface area contributed by atoms with Crippen LogP contribution in [0.3, 0.4) is 0 Å². The normalized spacial score (nSPS) is 21.2. The van der Waals surface area contributed by atoms with Gasteiger partial charge < -0.3 is 14.6 Å². The van der Waals surface area contributed by atoms with Crippen molar-refractivity contribution in [3.63, 3.8) is 0 Å². The fourth-order valence-electron chi connectivity index (χ4n) is 4.14. The predicted molar refractivity (Wildman–Crippen MR) is 96.3 cm³/mol. The molecule has 0 radical (unpaired) electrons. The second kappa shape index (κ2) is 7.13. The Bertz CT molecular complexity index is 854. The molecule has 1 atom stereocenters. The number of nitrogens with zero attached hydrogens (tertiary/aromatic N) is 2. The summed E-state index contributed by atoms with van der Waals surface area (Å²) in [6.07, 6.45) is 4.76. The number of amides is 1. The number of aryl methyl sites for hydroxylation is 1. The van der Waals surface area contributed by atoms with Crippen molar-refractivity contribution in [3.05, 3.63) is 35.7 Å². The van der Waals surface area contributed by atoms with Crippen LogP contribution >= 0.6 is 0 Å². The summed E-state index contributed by atoms with van der Waals surface area (Å²) in [6, 6.07) is 7.82. The summed E-state index contributed by atoms with van der Waals surface area (Å²) in [4.78, 5) is 28.9. The van der Waals surface area contributed by atoms with Crippen molar-refractivity contribution >= 4 is 11.9 Å². The molecule has 1 amide bonds. The van der Waals surface area contributed by atoms with Crippen molar-refractivity contribution in [2.75, 3.05) is 0 Å². The third-order valence-electron chi connectivity index (χ3n) is 5.50. The highest BCUT2D eigenvalue weighted by molar-refractivity contribution is 5.87. The van der Waals surface area contributed by atoms with E-state index in [2.05, 4.69) is 15.5 Å². The van der Waals surface area contributed by atoms with Crippen molar-refractivity contribution in [2.24, 2.45) is 5.92 Å². The van der Waals surface area contributed by atoms with Crippen molar-refractivity contribution in [1.82, 2.24) is 15.5 Å². The third kappa shape index (κ3) is 3.59. The van der Waals surface area contributed by atoms with Gasteiger partial charge in [0.05, 0.1) is 18.9 Å². The van der Waals surface area contributed by atoms with Gasteiger partial charge >= 0.3 is 5.97 Å². The molecule has 0 unspecified atom stereocenters. The zero-order valence-electron chi connectivity index (χ0n) is 15.4. The number of nitrogens with one attached hydrogen (secondary N) is 1. The van der Waals surface area contributed by atoms with Crippen molar-refractivity contribution in [3.8, 4) is 11.4 Å². The van der Waals surface area contributed by atoms with E-state index < -0.39 is 11.5 Å². The monoisotopic (exact) mass is 369 g/mol. The van der Waals surface area contributed by atoms with Gasteiger partial charge in [0.25, 0.3) is 0 Å². The number of hydrogen-bond acceptors (Lipinski definition) is 6. The molecule has 142 valence electrons. The number of carbonyl (C=O) groups excluding carboxylic acids is 2. The van der Waals surface area contributed by atoms with Crippen LogP contribution in [-0.4, -0.2) is 27.6 Å². The lowest BCUT2D eigenvalue weighted by molar-refractivity contribution is -0.153. The SMILES string of the molecule is Cc1cccc(-c2noc(CNC(=O)[C@H]3CC(=O)OC34CCCCC4)n2)c1. The van der Waals surface area contributed by atoms with E-state index in [1.54, 1.807) is 0 Å². The molecule has 1 aromatic carbocycles. The van der Waals surface area contributed by atoms with Crippen LogP contribution in [0.2, 0.25) is 0 Å². The number of esters is 1. The van der Waals surface area contributed by atoms with Crippen LogP contribution in [0, 0.1) is 12.8 Å². The van der Waals surface area contributed by atoms with Crippen LogP contribution in [0.15, 0.2) is 28.8 Å². The van der Waals surface area contributed by atoms with Gasteiger partial charge in [-0.2, -0.15) is 4.98 Å². The van der Waals surface area contributed by atoms with Crippen LogP contribution in [0.5, 0.6) is 0 Å². The van der Waals surface area contributed by atoms with Gasteiger partial charge in [-0.15, -0.1) is 0 Å². The second-order valence-corrected chi connectivity index (χ2v) is 7.46. The Labute approximate surface area is 157 Å². The molecule has 2 aromatic rings. The van der Waals surface area contributed by atoms with E-state index in [0.717, 1.165) is 43.2 Å². The lowest BCUT2D eigenvalue weighted by atomic mass is 9.75. The highest BCUT2D eigenvalue weighted by Gasteiger charge is 2.52. The van der Waals surface area contributed by atoms with Crippen molar-refractivity contribution < 1.29 is 18.8 Å². The molecule has 1 aromatic heterocycles. The van der Waals surface area contributed by atoms with Gasteiger partial charge in [0.2, 0.25) is 17.6 Å². The van der Waals surface area contributed by atoms with Gasteiger partial charge in [-0.1, -0.05) is 35.3 Å². The molecule has 7 heteroatoms. The number of rotatable bonds is 4. The average Bonchev–Trinajstić information content (AvgIpc) is 3.25. The predicted octanol–water partition coefficient (Wildman–Crippen LogP) is 2.93. The molecule has 0 bridgehead atoms. The number of hydrogen-bond donors (Lipinski definition) is 1. The lowest BCUT2D eigenvalue weighted by Crippen LogP contribution is -2.45. The number of aromatic nitrogens is 2. The molecular weight excluding hydrogens is 346 g/mol. The minimum absolute atomic E-state index is 0.137. The largest absolute Gasteiger partial charge is 0.458 e. The number of ether oxygens (including phenoxy) is 1. The van der Waals surface area contributed by atoms with Crippen LogP contribution in [-0.2, 0) is 20.9 Å². The maximum absolute atomic E-state index is 12.7. The smallest absolute Gasteiger partial charge is 0.307 e. The summed E-state index contributed by atoms with van der Waals surface area (Å²) < 4.78 is 10.9. The minimum Gasteiger partial charge on any atom is -0.458 e. The molecule has 1 saturated carbocycles. The van der Waals surface area contributed by atoms with Crippen LogP contribution in [0.4, 0.5) is 0 Å². The number of benzene rings is 1. The quantitative estimate of drug-likeness (QED) is 0.833. The van der Waals surface area contributed by atoms with Crippen LogP contribution in [0.25, 0.3) is 11.4 Å². The summed E-state index contributed by atoms with van der Waals surface area (Å²) in [6.45, 7) is 2.13. The number of carbonyl (C=O) groups is 2. The molecule has 2 aliphatic rings. The van der Waals surface area contributed by atoms with E-state index in [1.165, 1.54) is 0 Å². The zero-order chi connectivity index (χ0) is 18.9. The van der Waals surface area contributed by atoms with E-state index in [1.807, 2.05) is 31.2 Å². The van der Waals surface area contributed by atoms with E-state index >= 15 is 0 Å². The highest BCUT2D eigenvalue weighted by atomic mass is 16.6. The van der Waals surface area contributed by atoms with E-state index in [0.29, 0.717) is 11.7 Å². The first-order valence-corrected chi connectivity index (χ1v) is 9.45. The molecule has 1 aliphatic heterocycles. The van der Waals surface area contributed by atoms with Gasteiger partial charge in [-0.25, -0.2) is 0 Å². The zero-order valence-corrected chi connectivity index (χ0v) is 15.4. The van der Waals surface area contributed by atoms with Gasteiger partial charge in [-0.3, -0.25) is 9.59 Å². The standard InChI is InChI=1S/C20H23N3O4/c1-13-6-5-7-14(10-13)18-22-16(27-23-18)12-21-19(25)15-11-17(24)26-20(15)8-3-2-4-9-20/h5-7,10,15H,2-4,8-9,11-12H2,1H3,(H,21,25)/t15-/m1/s1. The van der Waals surface area contributed by atoms with Gasteiger partial charge in [0.15, 0.2) is 0 Å². The molecule has 2 fully saturated rings. The van der Waals surface area contributed by atoms with E-state index in [9.17, 15) is 9.59 Å². The average molecular weight is 369 g/mol. The molecule has 1 saturated heterocycles. The molecule has 2 heterocycles. The lowest BCUT2D eigenvalue weighted by Gasteiger charge is -2.35. The Kier molecular flexibility index (Phi) is 4.68. The fourth-order valence-corrected chi connectivity index (χ4v) is 4.14. The summed E-state index contributed by atoms with van der Waals surface area (Å²) >= 11 is 0. The fraction of sp³-hybridized carbons (Fsp3) is 0.500. The first-order valence-electron chi connectivity index (χ1n) is 9.45.